The van der Waals surface area contributed by atoms with Crippen LogP contribution < -0.4 is 10.3 Å². The van der Waals surface area contributed by atoms with Crippen LogP contribution >= 0.6 is 11.3 Å². The van der Waals surface area contributed by atoms with Crippen molar-refractivity contribution in [3.8, 4) is 0 Å². The molecule has 104 valence electrons. The summed E-state index contributed by atoms with van der Waals surface area (Å²) in [6, 6.07) is 7.89. The number of rotatable bonds is 2. The predicted octanol–water partition coefficient (Wildman–Crippen LogP) is -0.481. The Bertz CT molecular complexity index is 711. The van der Waals surface area contributed by atoms with E-state index in [0.717, 1.165) is 11.3 Å². The van der Waals surface area contributed by atoms with Crippen molar-refractivity contribution in [2.75, 3.05) is 0 Å². The lowest BCUT2D eigenvalue weighted by molar-refractivity contribution is 0.594. The molecular weight excluding hydrogens is 312 g/mol. The van der Waals surface area contributed by atoms with E-state index in [1.54, 1.807) is 18.2 Å². The number of primary sulfonamides is 2. The third-order valence-corrected chi connectivity index (χ3v) is 4.62. The van der Waals surface area contributed by atoms with E-state index in [1.807, 2.05) is 0 Å². The first-order valence-corrected chi connectivity index (χ1v) is 8.55. The van der Waals surface area contributed by atoms with Gasteiger partial charge in [-0.3, -0.25) is 0 Å². The van der Waals surface area contributed by atoms with Gasteiger partial charge in [0.05, 0.1) is 4.90 Å². The number of nitrogens with two attached hydrogens (primary N) is 2. The molecule has 0 aliphatic heterocycles. The van der Waals surface area contributed by atoms with Crippen LogP contribution in [0, 0.1) is 0 Å². The largest absolute Gasteiger partial charge is 0.267 e. The molecule has 8 nitrogen and oxygen atoms in total. The Morgan fingerprint density at radius 1 is 0.947 bits per heavy atom. The Labute approximate surface area is 114 Å². The summed E-state index contributed by atoms with van der Waals surface area (Å²) in [5, 5.41) is 16.1. The van der Waals surface area contributed by atoms with Crippen molar-refractivity contribution < 1.29 is 16.8 Å². The molecule has 0 unspecified atom stereocenters. The predicted molar refractivity (Wildman–Crippen MR) is 69.1 cm³/mol. The Morgan fingerprint density at radius 2 is 1.53 bits per heavy atom. The smallest absolute Gasteiger partial charge is 0.225 e. The lowest BCUT2D eigenvalue weighted by atomic mass is 10.4. The van der Waals surface area contributed by atoms with Crippen LogP contribution in [0.3, 0.4) is 0 Å². The summed E-state index contributed by atoms with van der Waals surface area (Å²) in [4.78, 5) is 0.148. The van der Waals surface area contributed by atoms with Gasteiger partial charge in [0.2, 0.25) is 14.4 Å². The van der Waals surface area contributed by atoms with Gasteiger partial charge in [-0.2, -0.15) is 0 Å². The first kappa shape index (κ1) is 15.7. The van der Waals surface area contributed by atoms with Crippen LogP contribution in [0.5, 0.6) is 0 Å². The molecule has 2 aromatic rings. The highest BCUT2D eigenvalue weighted by Gasteiger charge is 2.09. The van der Waals surface area contributed by atoms with Crippen molar-refractivity contribution in [1.29, 1.82) is 0 Å². The molecular formula is C8H10N4O4S3. The molecule has 0 radical (unpaired) electrons. The minimum atomic E-state index is -3.61. The fourth-order valence-corrected chi connectivity index (χ4v) is 2.54. The summed E-state index contributed by atoms with van der Waals surface area (Å²) in [6.45, 7) is 0. The minimum Gasteiger partial charge on any atom is -0.225 e. The number of sulfonamides is 2. The molecule has 0 bridgehead atoms. The van der Waals surface area contributed by atoms with E-state index in [2.05, 4.69) is 15.3 Å². The van der Waals surface area contributed by atoms with Gasteiger partial charge in [0, 0.05) is 0 Å². The third kappa shape index (κ3) is 5.40. The van der Waals surface area contributed by atoms with E-state index in [4.69, 9.17) is 5.14 Å². The highest BCUT2D eigenvalue weighted by Crippen LogP contribution is 2.05. The molecule has 0 saturated carbocycles. The van der Waals surface area contributed by atoms with E-state index in [-0.39, 0.29) is 9.24 Å². The van der Waals surface area contributed by atoms with Gasteiger partial charge in [0.1, 0.15) is 5.51 Å². The van der Waals surface area contributed by atoms with Crippen molar-refractivity contribution in [2.24, 2.45) is 10.3 Å². The maximum atomic E-state index is 10.6. The van der Waals surface area contributed by atoms with E-state index >= 15 is 0 Å². The fraction of sp³-hybridized carbons (Fsp3) is 0. The van der Waals surface area contributed by atoms with E-state index < -0.39 is 20.0 Å². The lowest BCUT2D eigenvalue weighted by Crippen LogP contribution is -2.11. The van der Waals surface area contributed by atoms with Crippen LogP contribution in [-0.4, -0.2) is 27.0 Å². The summed E-state index contributed by atoms with van der Waals surface area (Å²) >= 11 is 0.895. The Kier molecular flexibility index (Phi) is 5.08. The van der Waals surface area contributed by atoms with Crippen LogP contribution in [-0.2, 0) is 20.0 Å². The maximum absolute atomic E-state index is 10.6. The zero-order chi connectivity index (χ0) is 14.5. The first-order valence-electron chi connectivity index (χ1n) is 4.58. The molecule has 0 spiro atoms. The van der Waals surface area contributed by atoms with Crippen molar-refractivity contribution in [3.63, 3.8) is 0 Å². The van der Waals surface area contributed by atoms with Gasteiger partial charge in [-0.1, -0.05) is 29.5 Å². The Hall–Kier alpha value is -1.40. The zero-order valence-electron chi connectivity index (χ0n) is 9.37. The van der Waals surface area contributed by atoms with Crippen LogP contribution in [0.15, 0.2) is 45.1 Å². The van der Waals surface area contributed by atoms with Crippen molar-refractivity contribution in [2.45, 2.75) is 9.24 Å². The summed E-state index contributed by atoms with van der Waals surface area (Å²) in [6.07, 6.45) is 0. The number of hydrogen-bond donors (Lipinski definition) is 2. The van der Waals surface area contributed by atoms with Gasteiger partial charge in [-0.05, 0) is 12.1 Å². The number of hydrogen-bond acceptors (Lipinski definition) is 7. The topological polar surface area (TPSA) is 146 Å². The van der Waals surface area contributed by atoms with Gasteiger partial charge in [0.25, 0.3) is 10.0 Å². The number of benzene rings is 1. The average molecular weight is 322 g/mol. The highest BCUT2D eigenvalue weighted by molar-refractivity contribution is 7.91. The minimum absolute atomic E-state index is 0.148. The quantitative estimate of drug-likeness (QED) is 0.763. The van der Waals surface area contributed by atoms with E-state index in [0.29, 0.717) is 0 Å². The van der Waals surface area contributed by atoms with Gasteiger partial charge in [-0.25, -0.2) is 27.1 Å². The van der Waals surface area contributed by atoms with Crippen molar-refractivity contribution in [3.05, 3.63) is 35.8 Å². The van der Waals surface area contributed by atoms with Gasteiger partial charge >= 0.3 is 0 Å². The second kappa shape index (κ2) is 6.16. The van der Waals surface area contributed by atoms with Gasteiger partial charge < -0.3 is 0 Å². The molecule has 0 atom stereocenters. The first-order chi connectivity index (χ1) is 8.71. The van der Waals surface area contributed by atoms with E-state index in [9.17, 15) is 16.8 Å². The molecule has 2 rings (SSSR count). The Morgan fingerprint density at radius 3 is 1.79 bits per heavy atom. The Balaban J connectivity index is 0.000000191. The molecule has 0 aliphatic carbocycles. The fourth-order valence-electron chi connectivity index (χ4n) is 0.897. The second-order valence-corrected chi connectivity index (χ2v) is 7.24. The van der Waals surface area contributed by atoms with E-state index in [1.165, 1.54) is 17.6 Å². The molecule has 0 aliphatic rings. The normalized spacial score (nSPS) is 11.5. The molecule has 11 heteroatoms. The lowest BCUT2D eigenvalue weighted by Gasteiger charge is -1.93. The summed E-state index contributed by atoms with van der Waals surface area (Å²) < 4.78 is 41.8. The van der Waals surface area contributed by atoms with Gasteiger partial charge in [-0.15, -0.1) is 10.2 Å². The molecule has 1 aromatic heterocycles. The molecule has 0 amide bonds. The van der Waals surface area contributed by atoms with Crippen LogP contribution in [0.1, 0.15) is 0 Å². The number of nitrogens with zero attached hydrogens (tertiary/aromatic N) is 2. The van der Waals surface area contributed by atoms with Crippen LogP contribution in [0.4, 0.5) is 0 Å². The van der Waals surface area contributed by atoms with Crippen LogP contribution in [0.25, 0.3) is 0 Å². The molecule has 0 fully saturated rings. The van der Waals surface area contributed by atoms with Crippen LogP contribution in [0.2, 0.25) is 0 Å². The van der Waals surface area contributed by atoms with Gasteiger partial charge in [0.15, 0.2) is 0 Å². The standard InChI is InChI=1S/C6H7NO2S.C2H3N3O2S2/c7-10(8,9)6-4-2-1-3-5-6;3-9(6,7)2-5-4-1-8-2/h1-5H,(H2,7,8,9);1H,(H2,3,6,7). The summed E-state index contributed by atoms with van der Waals surface area (Å²) in [7, 11) is -7.12. The molecule has 19 heavy (non-hydrogen) atoms. The molecule has 1 aromatic carbocycles. The maximum Gasteiger partial charge on any atom is 0.267 e. The number of aromatic nitrogens is 2. The highest BCUT2D eigenvalue weighted by atomic mass is 32.2. The summed E-state index contributed by atoms with van der Waals surface area (Å²) in [5.74, 6) is 0. The second-order valence-electron chi connectivity index (χ2n) is 3.11. The summed E-state index contributed by atoms with van der Waals surface area (Å²) in [5.41, 5.74) is 1.31. The monoisotopic (exact) mass is 322 g/mol. The molecule has 0 saturated heterocycles. The van der Waals surface area contributed by atoms with Crippen molar-refractivity contribution in [1.82, 2.24) is 10.2 Å². The SMILES string of the molecule is NS(=O)(=O)c1ccccc1.NS(=O)(=O)c1nncs1. The molecule has 1 heterocycles. The zero-order valence-corrected chi connectivity index (χ0v) is 11.8. The molecule has 4 N–H and O–H groups in total. The third-order valence-electron chi connectivity index (χ3n) is 1.66. The van der Waals surface area contributed by atoms with Crippen molar-refractivity contribution >= 4 is 31.4 Å². The average Bonchev–Trinajstić information content (AvgIpc) is 2.83.